The first-order chi connectivity index (χ1) is 9.58. The minimum absolute atomic E-state index is 0.293. The van der Waals surface area contributed by atoms with Gasteiger partial charge in [0.1, 0.15) is 5.82 Å². The van der Waals surface area contributed by atoms with E-state index in [9.17, 15) is 9.18 Å². The van der Waals surface area contributed by atoms with Crippen molar-refractivity contribution in [1.82, 2.24) is 5.32 Å². The van der Waals surface area contributed by atoms with Gasteiger partial charge in [-0.15, -0.1) is 0 Å². The van der Waals surface area contributed by atoms with Crippen LogP contribution < -0.4 is 11.1 Å². The zero-order valence-electron chi connectivity index (χ0n) is 12.0. The first-order valence-corrected chi connectivity index (χ1v) is 7.39. The van der Waals surface area contributed by atoms with Crippen LogP contribution in [-0.4, -0.2) is 11.9 Å². The normalized spacial score (nSPS) is 17.9. The second-order valence-corrected chi connectivity index (χ2v) is 5.74. The first kappa shape index (κ1) is 15.0. The van der Waals surface area contributed by atoms with Crippen molar-refractivity contribution >= 4 is 5.91 Å². The monoisotopic (exact) mass is 278 g/mol. The molecule has 4 heteroatoms. The molecule has 1 aromatic rings. The van der Waals surface area contributed by atoms with E-state index in [0.717, 1.165) is 0 Å². The fourth-order valence-corrected chi connectivity index (χ4v) is 2.94. The van der Waals surface area contributed by atoms with Gasteiger partial charge in [0.05, 0.1) is 0 Å². The molecule has 0 saturated heterocycles. The Labute approximate surface area is 119 Å². The molecule has 0 bridgehead atoms. The zero-order valence-corrected chi connectivity index (χ0v) is 12.0. The zero-order chi connectivity index (χ0) is 14.5. The second kappa shape index (κ2) is 6.84. The van der Waals surface area contributed by atoms with Gasteiger partial charge in [0.2, 0.25) is 5.91 Å². The Morgan fingerprint density at radius 2 is 2.10 bits per heavy atom. The summed E-state index contributed by atoms with van der Waals surface area (Å²) in [4.78, 5) is 11.1. The van der Waals surface area contributed by atoms with Crippen LogP contribution in [0, 0.1) is 11.7 Å². The summed E-state index contributed by atoms with van der Waals surface area (Å²) < 4.78 is 13.7. The lowest BCUT2D eigenvalue weighted by Crippen LogP contribution is -2.34. The van der Waals surface area contributed by atoms with E-state index < -0.39 is 5.91 Å². The molecule has 0 spiro atoms. The van der Waals surface area contributed by atoms with Crippen LogP contribution in [0.3, 0.4) is 0 Å². The fraction of sp³-hybridized carbons (Fsp3) is 0.562. The number of carbonyl (C=O) groups is 1. The van der Waals surface area contributed by atoms with Gasteiger partial charge in [-0.05, 0) is 43.9 Å². The lowest BCUT2D eigenvalue weighted by Gasteiger charge is -2.28. The van der Waals surface area contributed by atoms with Crippen LogP contribution in [0.2, 0.25) is 0 Å². The highest BCUT2D eigenvalue weighted by Crippen LogP contribution is 2.26. The Morgan fingerprint density at radius 1 is 1.40 bits per heavy atom. The van der Waals surface area contributed by atoms with Gasteiger partial charge in [-0.2, -0.15) is 0 Å². The molecule has 1 atom stereocenters. The molecule has 1 saturated carbocycles. The van der Waals surface area contributed by atoms with Crippen molar-refractivity contribution in [3.8, 4) is 0 Å². The molecule has 1 fully saturated rings. The molecule has 3 N–H and O–H groups in total. The van der Waals surface area contributed by atoms with E-state index in [-0.39, 0.29) is 5.82 Å². The number of rotatable bonds is 5. The predicted octanol–water partition coefficient (Wildman–Crippen LogP) is 2.98. The summed E-state index contributed by atoms with van der Waals surface area (Å²) in [6.07, 6.45) is 6.42. The molecule has 0 aromatic heterocycles. The molecule has 0 heterocycles. The van der Waals surface area contributed by atoms with E-state index >= 15 is 0 Å². The Bertz CT molecular complexity index is 470. The van der Waals surface area contributed by atoms with Crippen molar-refractivity contribution in [2.24, 2.45) is 11.7 Å². The molecular weight excluding hydrogens is 255 g/mol. The van der Waals surface area contributed by atoms with Crippen molar-refractivity contribution in [2.75, 3.05) is 0 Å². The van der Waals surface area contributed by atoms with Gasteiger partial charge < -0.3 is 11.1 Å². The third kappa shape index (κ3) is 3.79. The van der Waals surface area contributed by atoms with Crippen LogP contribution in [0.25, 0.3) is 0 Å². The molecule has 1 aliphatic carbocycles. The lowest BCUT2D eigenvalue weighted by molar-refractivity contribution is 0.1000. The van der Waals surface area contributed by atoms with E-state index in [1.807, 2.05) is 0 Å². The number of halogens is 1. The standard InChI is InChI=1S/C16H23FN2O/c1-11(12-5-3-2-4-6-12)19-10-14-9-13(16(18)20)7-8-15(14)17/h7-9,11-12,19H,2-6,10H2,1H3,(H2,18,20)/t11-/m0/s1. The maximum absolute atomic E-state index is 13.7. The summed E-state index contributed by atoms with van der Waals surface area (Å²) in [7, 11) is 0. The van der Waals surface area contributed by atoms with E-state index in [1.54, 1.807) is 0 Å². The van der Waals surface area contributed by atoms with E-state index in [2.05, 4.69) is 12.2 Å². The number of hydrogen-bond acceptors (Lipinski definition) is 2. The largest absolute Gasteiger partial charge is 0.366 e. The molecule has 20 heavy (non-hydrogen) atoms. The highest BCUT2D eigenvalue weighted by molar-refractivity contribution is 5.92. The smallest absolute Gasteiger partial charge is 0.248 e. The van der Waals surface area contributed by atoms with E-state index in [1.165, 1.54) is 50.3 Å². The van der Waals surface area contributed by atoms with Crippen LogP contribution >= 0.6 is 0 Å². The van der Waals surface area contributed by atoms with Crippen molar-refractivity contribution < 1.29 is 9.18 Å². The minimum atomic E-state index is -0.522. The topological polar surface area (TPSA) is 55.1 Å². The quantitative estimate of drug-likeness (QED) is 0.870. The third-order valence-corrected chi connectivity index (χ3v) is 4.30. The molecule has 0 aliphatic heterocycles. The number of carbonyl (C=O) groups excluding carboxylic acids is 1. The Morgan fingerprint density at radius 3 is 2.75 bits per heavy atom. The Balaban J connectivity index is 1.95. The Hall–Kier alpha value is -1.42. The van der Waals surface area contributed by atoms with E-state index in [0.29, 0.717) is 29.6 Å². The second-order valence-electron chi connectivity index (χ2n) is 5.74. The van der Waals surface area contributed by atoms with Crippen molar-refractivity contribution in [3.05, 3.63) is 35.1 Å². The van der Waals surface area contributed by atoms with Crippen LogP contribution in [0.4, 0.5) is 4.39 Å². The average Bonchev–Trinajstić information content (AvgIpc) is 2.46. The minimum Gasteiger partial charge on any atom is -0.366 e. The number of nitrogens with one attached hydrogen (secondary N) is 1. The molecule has 2 rings (SSSR count). The molecular formula is C16H23FN2O. The van der Waals surface area contributed by atoms with Gasteiger partial charge in [-0.25, -0.2) is 4.39 Å². The lowest BCUT2D eigenvalue weighted by atomic mass is 9.84. The highest BCUT2D eigenvalue weighted by Gasteiger charge is 2.19. The van der Waals surface area contributed by atoms with Crippen LogP contribution in [0.15, 0.2) is 18.2 Å². The van der Waals surface area contributed by atoms with Gasteiger partial charge in [0.25, 0.3) is 0 Å². The summed E-state index contributed by atoms with van der Waals surface area (Å²) >= 11 is 0. The number of primary amides is 1. The fourth-order valence-electron chi connectivity index (χ4n) is 2.94. The molecule has 1 aliphatic rings. The average molecular weight is 278 g/mol. The summed E-state index contributed by atoms with van der Waals surface area (Å²) in [5.74, 6) is -0.143. The number of hydrogen-bond donors (Lipinski definition) is 2. The molecule has 1 amide bonds. The van der Waals surface area contributed by atoms with Crippen LogP contribution in [0.1, 0.15) is 54.9 Å². The van der Waals surface area contributed by atoms with Gasteiger partial charge in [0.15, 0.2) is 0 Å². The van der Waals surface area contributed by atoms with Crippen molar-refractivity contribution in [2.45, 2.75) is 51.6 Å². The molecule has 0 radical (unpaired) electrons. The van der Waals surface area contributed by atoms with Gasteiger partial charge in [-0.3, -0.25) is 4.79 Å². The van der Waals surface area contributed by atoms with Gasteiger partial charge in [-0.1, -0.05) is 19.3 Å². The SMILES string of the molecule is C[C@H](NCc1cc(C(N)=O)ccc1F)C1CCCCC1. The van der Waals surface area contributed by atoms with Crippen molar-refractivity contribution in [3.63, 3.8) is 0 Å². The number of amides is 1. The maximum Gasteiger partial charge on any atom is 0.248 e. The summed E-state index contributed by atoms with van der Waals surface area (Å²) in [6, 6.07) is 4.64. The highest BCUT2D eigenvalue weighted by atomic mass is 19.1. The Kier molecular flexibility index (Phi) is 5.12. The summed E-state index contributed by atoms with van der Waals surface area (Å²) in [5.41, 5.74) is 6.08. The predicted molar refractivity (Wildman–Crippen MR) is 77.8 cm³/mol. The molecule has 1 aromatic carbocycles. The van der Waals surface area contributed by atoms with Crippen LogP contribution in [-0.2, 0) is 6.54 Å². The van der Waals surface area contributed by atoms with E-state index in [4.69, 9.17) is 5.73 Å². The first-order valence-electron chi connectivity index (χ1n) is 7.39. The van der Waals surface area contributed by atoms with Gasteiger partial charge in [0, 0.05) is 23.7 Å². The van der Waals surface area contributed by atoms with Crippen molar-refractivity contribution in [1.29, 1.82) is 0 Å². The summed E-state index contributed by atoms with van der Waals surface area (Å²) in [5, 5.41) is 3.38. The number of benzene rings is 1. The molecule has 0 unspecified atom stereocenters. The van der Waals surface area contributed by atoms with Crippen LogP contribution in [0.5, 0.6) is 0 Å². The molecule has 3 nitrogen and oxygen atoms in total. The van der Waals surface area contributed by atoms with Gasteiger partial charge >= 0.3 is 0 Å². The molecule has 110 valence electrons. The number of nitrogens with two attached hydrogens (primary N) is 1. The third-order valence-electron chi connectivity index (χ3n) is 4.30. The maximum atomic E-state index is 13.7. The summed E-state index contributed by atoms with van der Waals surface area (Å²) in [6.45, 7) is 2.59.